The topological polar surface area (TPSA) is 29.9 Å². The first-order valence-corrected chi connectivity index (χ1v) is 7.28. The first-order chi connectivity index (χ1) is 7.58. The fraction of sp³-hybridized carbons (Fsp3) is 0.750. The van der Waals surface area contributed by atoms with Crippen molar-refractivity contribution < 1.29 is 0 Å². The van der Waals surface area contributed by atoms with E-state index in [1.54, 1.807) is 0 Å². The molecule has 0 aliphatic heterocycles. The molecule has 0 aromatic carbocycles. The molecule has 0 saturated carbocycles. The predicted molar refractivity (Wildman–Crippen MR) is 73.4 cm³/mol. The lowest BCUT2D eigenvalue weighted by atomic mass is 10.3. The second-order valence-electron chi connectivity index (χ2n) is 4.41. The highest BCUT2D eigenvalue weighted by Gasteiger charge is 2.12. The maximum atomic E-state index is 4.54. The maximum absolute atomic E-state index is 4.54. The molecule has 0 radical (unpaired) electrons. The van der Waals surface area contributed by atoms with Gasteiger partial charge in [-0.05, 0) is 33.4 Å². The molecule has 1 N–H and O–H groups in total. The normalized spacial score (nSPS) is 13.1. The highest BCUT2D eigenvalue weighted by Crippen LogP contribution is 2.17. The minimum absolute atomic E-state index is 0.454. The van der Waals surface area contributed by atoms with Gasteiger partial charge in [0.1, 0.15) is 0 Å². The van der Waals surface area contributed by atoms with Crippen LogP contribution in [-0.4, -0.2) is 27.6 Å². The van der Waals surface area contributed by atoms with Crippen molar-refractivity contribution in [3.8, 4) is 0 Å². The molecular formula is C12H23N3S. The van der Waals surface area contributed by atoms with Crippen molar-refractivity contribution in [2.24, 2.45) is 0 Å². The van der Waals surface area contributed by atoms with Crippen molar-refractivity contribution >= 4 is 17.7 Å². The lowest BCUT2D eigenvalue weighted by Gasteiger charge is -2.19. The third kappa shape index (κ3) is 3.44. The van der Waals surface area contributed by atoms with Crippen LogP contribution < -0.4 is 5.32 Å². The Morgan fingerprint density at radius 1 is 1.50 bits per heavy atom. The Morgan fingerprint density at radius 3 is 2.69 bits per heavy atom. The number of hydrogen-bond donors (Lipinski definition) is 1. The molecule has 1 aromatic rings. The number of nitrogens with one attached hydrogen (secondary N) is 1. The van der Waals surface area contributed by atoms with Gasteiger partial charge < -0.3 is 9.88 Å². The van der Waals surface area contributed by atoms with Crippen LogP contribution in [0.5, 0.6) is 0 Å². The minimum Gasteiger partial charge on any atom is -0.352 e. The van der Waals surface area contributed by atoms with E-state index >= 15 is 0 Å². The number of rotatable bonds is 6. The monoisotopic (exact) mass is 241 g/mol. The van der Waals surface area contributed by atoms with E-state index < -0.39 is 0 Å². The standard InChI is InChI=1S/C12H23N3S/c1-6-11(8-16-5)14-12-13-10(4)7-15(12)9(2)3/h7,9,11H,6,8H2,1-5H3,(H,13,14). The predicted octanol–water partition coefficient (Wildman–Crippen LogP) is 3.33. The molecule has 0 spiro atoms. The van der Waals surface area contributed by atoms with Crippen molar-refractivity contribution in [2.75, 3.05) is 17.3 Å². The fourth-order valence-electron chi connectivity index (χ4n) is 1.66. The van der Waals surface area contributed by atoms with Gasteiger partial charge in [-0.2, -0.15) is 11.8 Å². The van der Waals surface area contributed by atoms with E-state index in [0.717, 1.165) is 23.8 Å². The molecule has 0 fully saturated rings. The molecular weight excluding hydrogens is 218 g/mol. The van der Waals surface area contributed by atoms with Crippen LogP contribution in [0, 0.1) is 6.92 Å². The van der Waals surface area contributed by atoms with Gasteiger partial charge in [0.05, 0.1) is 5.69 Å². The zero-order valence-corrected chi connectivity index (χ0v) is 11.8. The van der Waals surface area contributed by atoms with Crippen LogP contribution in [0.3, 0.4) is 0 Å². The summed E-state index contributed by atoms with van der Waals surface area (Å²) in [5, 5.41) is 3.53. The Kier molecular flexibility index (Phi) is 5.19. The van der Waals surface area contributed by atoms with Crippen molar-refractivity contribution in [1.82, 2.24) is 9.55 Å². The summed E-state index contributed by atoms with van der Waals surface area (Å²) in [5.41, 5.74) is 1.08. The van der Waals surface area contributed by atoms with Gasteiger partial charge in [-0.3, -0.25) is 0 Å². The van der Waals surface area contributed by atoms with Crippen molar-refractivity contribution in [1.29, 1.82) is 0 Å². The van der Waals surface area contributed by atoms with Crippen LogP contribution in [0.4, 0.5) is 5.95 Å². The van der Waals surface area contributed by atoms with E-state index in [9.17, 15) is 0 Å². The van der Waals surface area contributed by atoms with Gasteiger partial charge in [0.25, 0.3) is 0 Å². The Bertz CT molecular complexity index is 320. The van der Waals surface area contributed by atoms with Gasteiger partial charge in [-0.1, -0.05) is 6.92 Å². The second kappa shape index (κ2) is 6.18. The van der Waals surface area contributed by atoms with E-state index in [0.29, 0.717) is 12.1 Å². The number of anilines is 1. The number of thioether (sulfide) groups is 1. The number of imidazole rings is 1. The first-order valence-electron chi connectivity index (χ1n) is 5.89. The van der Waals surface area contributed by atoms with Crippen LogP contribution in [0.25, 0.3) is 0 Å². The average Bonchev–Trinajstić information content (AvgIpc) is 2.59. The molecule has 1 aromatic heterocycles. The maximum Gasteiger partial charge on any atom is 0.203 e. The molecule has 1 unspecified atom stereocenters. The molecule has 16 heavy (non-hydrogen) atoms. The largest absolute Gasteiger partial charge is 0.352 e. The fourth-order valence-corrected chi connectivity index (χ4v) is 2.38. The minimum atomic E-state index is 0.454. The summed E-state index contributed by atoms with van der Waals surface area (Å²) >= 11 is 1.88. The second-order valence-corrected chi connectivity index (χ2v) is 5.32. The summed E-state index contributed by atoms with van der Waals surface area (Å²) < 4.78 is 2.21. The Morgan fingerprint density at radius 2 is 2.19 bits per heavy atom. The highest BCUT2D eigenvalue weighted by molar-refractivity contribution is 7.98. The van der Waals surface area contributed by atoms with E-state index in [1.165, 1.54) is 0 Å². The summed E-state index contributed by atoms with van der Waals surface area (Å²) in [6.07, 6.45) is 5.38. The SMILES string of the molecule is CCC(CSC)Nc1nc(C)cn1C(C)C. The third-order valence-corrected chi connectivity index (χ3v) is 3.34. The lowest BCUT2D eigenvalue weighted by Crippen LogP contribution is -2.23. The molecule has 92 valence electrons. The molecule has 0 amide bonds. The third-order valence-electron chi connectivity index (χ3n) is 2.60. The summed E-state index contributed by atoms with van der Waals surface area (Å²) in [5.74, 6) is 2.13. The van der Waals surface area contributed by atoms with Gasteiger partial charge in [-0.25, -0.2) is 4.98 Å². The average molecular weight is 241 g/mol. The van der Waals surface area contributed by atoms with Crippen molar-refractivity contribution in [2.45, 2.75) is 46.2 Å². The van der Waals surface area contributed by atoms with Crippen LogP contribution in [0.2, 0.25) is 0 Å². The van der Waals surface area contributed by atoms with E-state index in [1.807, 2.05) is 18.7 Å². The van der Waals surface area contributed by atoms with E-state index in [4.69, 9.17) is 0 Å². The first kappa shape index (κ1) is 13.4. The Labute approximate surface area is 103 Å². The molecule has 0 saturated heterocycles. The van der Waals surface area contributed by atoms with Crippen LogP contribution in [0.15, 0.2) is 6.20 Å². The smallest absolute Gasteiger partial charge is 0.203 e. The van der Waals surface area contributed by atoms with Crippen LogP contribution in [0.1, 0.15) is 38.9 Å². The quantitative estimate of drug-likeness (QED) is 0.828. The van der Waals surface area contributed by atoms with Gasteiger partial charge >= 0.3 is 0 Å². The van der Waals surface area contributed by atoms with Crippen molar-refractivity contribution in [3.63, 3.8) is 0 Å². The molecule has 1 rings (SSSR count). The highest BCUT2D eigenvalue weighted by atomic mass is 32.2. The molecule has 0 aliphatic rings. The number of aryl methyl sites for hydroxylation is 1. The van der Waals surface area contributed by atoms with E-state index in [-0.39, 0.29) is 0 Å². The number of hydrogen-bond acceptors (Lipinski definition) is 3. The Balaban J connectivity index is 2.78. The van der Waals surface area contributed by atoms with Gasteiger partial charge in [0, 0.05) is 24.0 Å². The zero-order valence-electron chi connectivity index (χ0n) is 10.9. The summed E-state index contributed by atoms with van der Waals surface area (Å²) in [7, 11) is 0. The number of nitrogens with zero attached hydrogens (tertiary/aromatic N) is 2. The van der Waals surface area contributed by atoms with Gasteiger partial charge in [-0.15, -0.1) is 0 Å². The van der Waals surface area contributed by atoms with Gasteiger partial charge in [0.15, 0.2) is 0 Å². The molecule has 4 heteroatoms. The molecule has 1 heterocycles. The zero-order chi connectivity index (χ0) is 12.1. The van der Waals surface area contributed by atoms with Crippen molar-refractivity contribution in [3.05, 3.63) is 11.9 Å². The van der Waals surface area contributed by atoms with Crippen LogP contribution in [-0.2, 0) is 0 Å². The number of aromatic nitrogens is 2. The van der Waals surface area contributed by atoms with Gasteiger partial charge in [0.2, 0.25) is 5.95 Å². The molecule has 0 aliphatic carbocycles. The molecule has 1 atom stereocenters. The van der Waals surface area contributed by atoms with E-state index in [2.05, 4.69) is 48.1 Å². The summed E-state index contributed by atoms with van der Waals surface area (Å²) in [6, 6.07) is 0.963. The van der Waals surface area contributed by atoms with Crippen LogP contribution >= 0.6 is 11.8 Å². The molecule has 3 nitrogen and oxygen atoms in total. The Hall–Kier alpha value is -0.640. The summed E-state index contributed by atoms with van der Waals surface area (Å²) in [4.78, 5) is 4.54. The summed E-state index contributed by atoms with van der Waals surface area (Å²) in [6.45, 7) is 8.62. The molecule has 0 bridgehead atoms. The lowest BCUT2D eigenvalue weighted by molar-refractivity contribution is 0.597.